The van der Waals surface area contributed by atoms with Gasteiger partial charge in [-0.15, -0.1) is 0 Å². The minimum atomic E-state index is -1.10. The smallest absolute Gasteiger partial charge is 0.374 e. The maximum atomic E-state index is 10.5. The van der Waals surface area contributed by atoms with E-state index in [2.05, 4.69) is 15.3 Å². The molecule has 1 aromatic heterocycles. The van der Waals surface area contributed by atoms with Crippen LogP contribution in [0.15, 0.2) is 12.3 Å². The van der Waals surface area contributed by atoms with Crippen LogP contribution in [-0.4, -0.2) is 27.1 Å². The number of aromatic carboxylic acids is 1. The zero-order valence-corrected chi connectivity index (χ0v) is 6.90. The lowest BCUT2D eigenvalue weighted by Gasteiger charge is -2.02. The maximum absolute atomic E-state index is 10.5. The molecule has 0 spiro atoms. The first kappa shape index (κ1) is 7.97. The van der Waals surface area contributed by atoms with Crippen molar-refractivity contribution in [3.05, 3.63) is 18.1 Å². The second-order valence-electron chi connectivity index (χ2n) is 2.99. The van der Waals surface area contributed by atoms with Crippen molar-refractivity contribution in [2.45, 2.75) is 18.9 Å². The first-order valence-corrected chi connectivity index (χ1v) is 4.08. The van der Waals surface area contributed by atoms with Crippen molar-refractivity contribution in [1.29, 1.82) is 0 Å². The SMILES string of the molecule is O=C(O)c1nccc(NC2CC2)n1. The first-order chi connectivity index (χ1) is 6.25. The highest BCUT2D eigenvalue weighted by Gasteiger charge is 2.21. The Bertz CT molecular complexity index is 336. The second kappa shape index (κ2) is 3.01. The van der Waals surface area contributed by atoms with Gasteiger partial charge in [-0.3, -0.25) is 0 Å². The number of anilines is 1. The van der Waals surface area contributed by atoms with Gasteiger partial charge in [0.2, 0.25) is 5.82 Å². The van der Waals surface area contributed by atoms with Crippen molar-refractivity contribution in [2.75, 3.05) is 5.32 Å². The zero-order chi connectivity index (χ0) is 9.26. The molecule has 0 unspecified atom stereocenters. The number of rotatable bonds is 3. The van der Waals surface area contributed by atoms with E-state index >= 15 is 0 Å². The van der Waals surface area contributed by atoms with E-state index in [9.17, 15) is 4.79 Å². The average molecular weight is 179 g/mol. The summed E-state index contributed by atoms with van der Waals surface area (Å²) >= 11 is 0. The Morgan fingerprint density at radius 3 is 3.00 bits per heavy atom. The molecule has 0 aromatic carbocycles. The largest absolute Gasteiger partial charge is 0.475 e. The third kappa shape index (κ3) is 1.93. The number of nitrogens with one attached hydrogen (secondary N) is 1. The van der Waals surface area contributed by atoms with Crippen LogP contribution in [-0.2, 0) is 0 Å². The lowest BCUT2D eigenvalue weighted by Crippen LogP contribution is -2.08. The molecule has 0 radical (unpaired) electrons. The quantitative estimate of drug-likeness (QED) is 0.716. The van der Waals surface area contributed by atoms with Crippen molar-refractivity contribution in [2.24, 2.45) is 0 Å². The normalized spacial score (nSPS) is 15.4. The molecule has 1 heterocycles. The van der Waals surface area contributed by atoms with Crippen LogP contribution in [0, 0.1) is 0 Å². The molecule has 1 saturated carbocycles. The van der Waals surface area contributed by atoms with Crippen LogP contribution in [0.4, 0.5) is 5.82 Å². The van der Waals surface area contributed by atoms with Crippen LogP contribution in [0.5, 0.6) is 0 Å². The van der Waals surface area contributed by atoms with E-state index in [4.69, 9.17) is 5.11 Å². The molecule has 1 aliphatic carbocycles. The van der Waals surface area contributed by atoms with E-state index in [0.29, 0.717) is 11.9 Å². The Morgan fingerprint density at radius 1 is 1.62 bits per heavy atom. The number of hydrogen-bond donors (Lipinski definition) is 2. The van der Waals surface area contributed by atoms with Crippen LogP contribution >= 0.6 is 0 Å². The van der Waals surface area contributed by atoms with Crippen molar-refractivity contribution >= 4 is 11.8 Å². The van der Waals surface area contributed by atoms with Crippen LogP contribution in [0.3, 0.4) is 0 Å². The summed E-state index contributed by atoms with van der Waals surface area (Å²) in [6.07, 6.45) is 3.71. The number of hydrogen-bond acceptors (Lipinski definition) is 4. The predicted octanol–water partition coefficient (Wildman–Crippen LogP) is 0.749. The van der Waals surface area contributed by atoms with Gasteiger partial charge in [0.05, 0.1) is 0 Å². The number of carboxylic acid groups (broad SMARTS) is 1. The Kier molecular flexibility index (Phi) is 1.84. The predicted molar refractivity (Wildman–Crippen MR) is 45.6 cm³/mol. The maximum Gasteiger partial charge on any atom is 0.374 e. The van der Waals surface area contributed by atoms with Crippen molar-refractivity contribution in [3.63, 3.8) is 0 Å². The van der Waals surface area contributed by atoms with Gasteiger partial charge in [-0.2, -0.15) is 0 Å². The van der Waals surface area contributed by atoms with E-state index < -0.39 is 5.97 Å². The molecule has 68 valence electrons. The monoisotopic (exact) mass is 179 g/mol. The minimum Gasteiger partial charge on any atom is -0.475 e. The van der Waals surface area contributed by atoms with Crippen LogP contribution < -0.4 is 5.32 Å². The Labute approximate surface area is 74.8 Å². The summed E-state index contributed by atoms with van der Waals surface area (Å²) in [4.78, 5) is 17.9. The molecular weight excluding hydrogens is 170 g/mol. The molecule has 1 fully saturated rings. The molecule has 2 rings (SSSR count). The number of carboxylic acids is 1. The van der Waals surface area contributed by atoms with Gasteiger partial charge in [-0.1, -0.05) is 0 Å². The van der Waals surface area contributed by atoms with Gasteiger partial charge in [0.25, 0.3) is 0 Å². The Balaban J connectivity index is 2.15. The summed E-state index contributed by atoms with van der Waals surface area (Å²) in [6, 6.07) is 2.14. The standard InChI is InChI=1S/C8H9N3O2/c12-8(13)7-9-4-3-6(11-7)10-5-1-2-5/h3-5H,1-2H2,(H,12,13)(H,9,10,11). The van der Waals surface area contributed by atoms with Crippen molar-refractivity contribution < 1.29 is 9.90 Å². The highest BCUT2D eigenvalue weighted by molar-refractivity contribution is 5.83. The Morgan fingerprint density at radius 2 is 2.38 bits per heavy atom. The summed E-state index contributed by atoms with van der Waals surface area (Å²) in [5.41, 5.74) is 0. The van der Waals surface area contributed by atoms with Gasteiger partial charge in [0.1, 0.15) is 5.82 Å². The highest BCUT2D eigenvalue weighted by atomic mass is 16.4. The number of nitrogens with zero attached hydrogens (tertiary/aromatic N) is 2. The summed E-state index contributed by atoms with van der Waals surface area (Å²) in [6.45, 7) is 0. The molecule has 0 bridgehead atoms. The molecule has 5 heteroatoms. The van der Waals surface area contributed by atoms with Gasteiger partial charge >= 0.3 is 5.97 Å². The van der Waals surface area contributed by atoms with Gasteiger partial charge in [-0.05, 0) is 18.9 Å². The fourth-order valence-electron chi connectivity index (χ4n) is 0.979. The van der Waals surface area contributed by atoms with E-state index in [1.165, 1.54) is 6.20 Å². The third-order valence-electron chi connectivity index (χ3n) is 1.78. The second-order valence-corrected chi connectivity index (χ2v) is 2.99. The van der Waals surface area contributed by atoms with E-state index in [0.717, 1.165) is 12.8 Å². The molecule has 0 saturated heterocycles. The average Bonchev–Trinajstić information content (AvgIpc) is 2.89. The van der Waals surface area contributed by atoms with E-state index in [1.807, 2.05) is 0 Å². The summed E-state index contributed by atoms with van der Waals surface area (Å²) in [5.74, 6) is -0.667. The summed E-state index contributed by atoms with van der Waals surface area (Å²) in [7, 11) is 0. The highest BCUT2D eigenvalue weighted by Crippen LogP contribution is 2.23. The van der Waals surface area contributed by atoms with Gasteiger partial charge in [0, 0.05) is 12.2 Å². The molecular formula is C8H9N3O2. The van der Waals surface area contributed by atoms with Gasteiger partial charge in [0.15, 0.2) is 0 Å². The van der Waals surface area contributed by atoms with Crippen molar-refractivity contribution in [1.82, 2.24) is 9.97 Å². The van der Waals surface area contributed by atoms with E-state index in [1.54, 1.807) is 6.07 Å². The van der Waals surface area contributed by atoms with Crippen LogP contribution in [0.25, 0.3) is 0 Å². The molecule has 13 heavy (non-hydrogen) atoms. The molecule has 1 aliphatic rings. The molecule has 0 atom stereocenters. The fraction of sp³-hybridized carbons (Fsp3) is 0.375. The Hall–Kier alpha value is -1.65. The first-order valence-electron chi connectivity index (χ1n) is 4.08. The van der Waals surface area contributed by atoms with Gasteiger partial charge in [-0.25, -0.2) is 14.8 Å². The molecule has 0 amide bonds. The summed E-state index contributed by atoms with van der Waals surface area (Å²) in [5, 5.41) is 11.7. The van der Waals surface area contributed by atoms with Gasteiger partial charge < -0.3 is 10.4 Å². The fourth-order valence-corrected chi connectivity index (χ4v) is 0.979. The third-order valence-corrected chi connectivity index (χ3v) is 1.78. The van der Waals surface area contributed by atoms with E-state index in [-0.39, 0.29) is 5.82 Å². The molecule has 1 aromatic rings. The van der Waals surface area contributed by atoms with Crippen LogP contribution in [0.2, 0.25) is 0 Å². The minimum absolute atomic E-state index is 0.161. The lowest BCUT2D eigenvalue weighted by molar-refractivity contribution is 0.0683. The van der Waals surface area contributed by atoms with Crippen molar-refractivity contribution in [3.8, 4) is 0 Å². The summed E-state index contributed by atoms with van der Waals surface area (Å²) < 4.78 is 0. The number of aromatic nitrogens is 2. The van der Waals surface area contributed by atoms with Crippen LogP contribution in [0.1, 0.15) is 23.5 Å². The number of carbonyl (C=O) groups is 1. The molecule has 0 aliphatic heterocycles. The lowest BCUT2D eigenvalue weighted by atomic mass is 10.5. The molecule has 5 nitrogen and oxygen atoms in total. The molecule has 2 N–H and O–H groups in total. The zero-order valence-electron chi connectivity index (χ0n) is 6.90. The topological polar surface area (TPSA) is 75.1 Å².